The summed E-state index contributed by atoms with van der Waals surface area (Å²) in [6.07, 6.45) is 1.19. The van der Waals surface area contributed by atoms with Gasteiger partial charge in [-0.15, -0.1) is 0 Å². The van der Waals surface area contributed by atoms with Crippen molar-refractivity contribution in [2.24, 2.45) is 0 Å². The normalized spacial score (nSPS) is 17.9. The number of carboxylic acids is 1. The van der Waals surface area contributed by atoms with Gasteiger partial charge in [-0.25, -0.2) is 9.59 Å². The largest absolute Gasteiger partial charge is 0.495 e. The van der Waals surface area contributed by atoms with Crippen molar-refractivity contribution in [3.05, 3.63) is 22.7 Å². The van der Waals surface area contributed by atoms with Crippen molar-refractivity contribution in [2.75, 3.05) is 19.0 Å². The smallest absolute Gasteiger partial charge is 0.326 e. The maximum Gasteiger partial charge on any atom is 0.326 e. The number of hydrogen-bond acceptors (Lipinski definition) is 3. The Labute approximate surface area is 124 Å². The summed E-state index contributed by atoms with van der Waals surface area (Å²) in [6.45, 7) is 0.455. The maximum atomic E-state index is 12.1. The molecule has 1 aliphatic heterocycles. The fraction of sp³-hybridized carbons (Fsp3) is 0.385. The molecule has 1 unspecified atom stereocenters. The van der Waals surface area contributed by atoms with Gasteiger partial charge in [-0.05, 0) is 40.9 Å². The Morgan fingerprint density at radius 3 is 2.90 bits per heavy atom. The maximum absolute atomic E-state index is 12.1. The van der Waals surface area contributed by atoms with Crippen LogP contribution in [0.15, 0.2) is 22.7 Å². The minimum absolute atomic E-state index is 0.403. The van der Waals surface area contributed by atoms with Crippen LogP contribution in [0, 0.1) is 0 Å². The monoisotopic (exact) mass is 342 g/mol. The molecule has 0 spiro atoms. The molecule has 0 aromatic heterocycles. The van der Waals surface area contributed by atoms with Gasteiger partial charge in [0.15, 0.2) is 0 Å². The lowest BCUT2D eigenvalue weighted by Gasteiger charge is -2.22. The Morgan fingerprint density at radius 2 is 2.25 bits per heavy atom. The molecule has 2 amide bonds. The van der Waals surface area contributed by atoms with Crippen LogP contribution >= 0.6 is 15.9 Å². The fourth-order valence-electron chi connectivity index (χ4n) is 2.20. The summed E-state index contributed by atoms with van der Waals surface area (Å²) in [5, 5.41) is 11.8. The number of methoxy groups -OCH3 is 1. The second-order valence-electron chi connectivity index (χ2n) is 4.47. The Balaban J connectivity index is 2.09. The zero-order valence-electron chi connectivity index (χ0n) is 10.9. The highest BCUT2D eigenvalue weighted by Gasteiger charge is 2.33. The van der Waals surface area contributed by atoms with Gasteiger partial charge in [0, 0.05) is 18.3 Å². The molecule has 7 heteroatoms. The second-order valence-corrected chi connectivity index (χ2v) is 5.32. The van der Waals surface area contributed by atoms with Gasteiger partial charge >= 0.3 is 12.0 Å². The number of anilines is 1. The van der Waals surface area contributed by atoms with Gasteiger partial charge in [0.05, 0.1) is 11.6 Å². The van der Waals surface area contributed by atoms with Gasteiger partial charge in [-0.2, -0.15) is 0 Å². The molecule has 2 rings (SSSR count). The van der Waals surface area contributed by atoms with E-state index in [-0.39, 0.29) is 0 Å². The molecule has 1 saturated heterocycles. The minimum atomic E-state index is -0.967. The third kappa shape index (κ3) is 3.04. The minimum Gasteiger partial charge on any atom is -0.495 e. The van der Waals surface area contributed by atoms with Crippen LogP contribution in [0.3, 0.4) is 0 Å². The molecule has 6 nitrogen and oxygen atoms in total. The molecule has 1 fully saturated rings. The molecule has 108 valence electrons. The van der Waals surface area contributed by atoms with Crippen LogP contribution in [0.5, 0.6) is 5.75 Å². The summed E-state index contributed by atoms with van der Waals surface area (Å²) >= 11 is 3.33. The molecule has 0 aliphatic carbocycles. The summed E-state index contributed by atoms with van der Waals surface area (Å²) < 4.78 is 5.93. The van der Waals surface area contributed by atoms with E-state index in [0.717, 1.165) is 4.47 Å². The Morgan fingerprint density at radius 1 is 1.50 bits per heavy atom. The highest BCUT2D eigenvalue weighted by molar-refractivity contribution is 9.10. The van der Waals surface area contributed by atoms with Crippen molar-refractivity contribution in [1.29, 1.82) is 0 Å². The number of amides is 2. The molecule has 1 heterocycles. The van der Waals surface area contributed by atoms with Crippen LogP contribution in [0.2, 0.25) is 0 Å². The van der Waals surface area contributed by atoms with E-state index in [1.165, 1.54) is 12.0 Å². The van der Waals surface area contributed by atoms with E-state index in [2.05, 4.69) is 21.2 Å². The van der Waals surface area contributed by atoms with Crippen molar-refractivity contribution >= 4 is 33.6 Å². The number of ether oxygens (including phenoxy) is 1. The number of carboxylic acid groups (broad SMARTS) is 1. The SMILES string of the molecule is COc1cc(NC(=O)N2CCCC2C(=O)O)ccc1Br. The molecule has 1 aromatic carbocycles. The summed E-state index contributed by atoms with van der Waals surface area (Å²) in [6, 6.07) is 4.00. The first-order valence-corrected chi connectivity index (χ1v) is 6.96. The number of benzene rings is 1. The van der Waals surface area contributed by atoms with Gasteiger partial charge in [-0.1, -0.05) is 0 Å². The van der Waals surface area contributed by atoms with E-state index in [4.69, 9.17) is 9.84 Å². The molecule has 1 atom stereocenters. The number of urea groups is 1. The van der Waals surface area contributed by atoms with Crippen LogP contribution in [-0.4, -0.2) is 41.7 Å². The van der Waals surface area contributed by atoms with Crippen molar-refractivity contribution in [2.45, 2.75) is 18.9 Å². The van der Waals surface area contributed by atoms with E-state index in [1.807, 2.05) is 0 Å². The number of nitrogens with one attached hydrogen (secondary N) is 1. The first-order valence-electron chi connectivity index (χ1n) is 6.17. The van der Waals surface area contributed by atoms with Crippen LogP contribution in [0.25, 0.3) is 0 Å². The van der Waals surface area contributed by atoms with E-state index in [1.54, 1.807) is 18.2 Å². The summed E-state index contributed by atoms with van der Waals surface area (Å²) in [4.78, 5) is 24.5. The number of likely N-dealkylation sites (tertiary alicyclic amines) is 1. The zero-order chi connectivity index (χ0) is 14.7. The lowest BCUT2D eigenvalue weighted by molar-refractivity contribution is -0.141. The lowest BCUT2D eigenvalue weighted by atomic mass is 10.2. The quantitative estimate of drug-likeness (QED) is 0.884. The Kier molecular flexibility index (Phi) is 4.49. The molecule has 1 aromatic rings. The third-order valence-electron chi connectivity index (χ3n) is 3.20. The molecule has 2 N–H and O–H groups in total. The van der Waals surface area contributed by atoms with E-state index >= 15 is 0 Å². The van der Waals surface area contributed by atoms with Crippen molar-refractivity contribution in [1.82, 2.24) is 4.90 Å². The van der Waals surface area contributed by atoms with Crippen LogP contribution in [0.4, 0.5) is 10.5 Å². The molecule has 20 heavy (non-hydrogen) atoms. The molecular weight excluding hydrogens is 328 g/mol. The highest BCUT2D eigenvalue weighted by atomic mass is 79.9. The number of carbonyl (C=O) groups is 2. The topological polar surface area (TPSA) is 78.9 Å². The summed E-state index contributed by atoms with van der Waals surface area (Å²) in [5.74, 6) is -0.370. The molecule has 0 saturated carbocycles. The first kappa shape index (κ1) is 14.6. The van der Waals surface area contributed by atoms with Crippen molar-refractivity contribution < 1.29 is 19.4 Å². The zero-order valence-corrected chi connectivity index (χ0v) is 12.5. The average molecular weight is 343 g/mol. The van der Waals surface area contributed by atoms with Crippen LogP contribution < -0.4 is 10.1 Å². The van der Waals surface area contributed by atoms with Gasteiger partial charge in [0.2, 0.25) is 0 Å². The second kappa shape index (κ2) is 6.13. The lowest BCUT2D eigenvalue weighted by Crippen LogP contribution is -2.42. The number of aliphatic carboxylic acids is 1. The van der Waals surface area contributed by atoms with Crippen LogP contribution in [0.1, 0.15) is 12.8 Å². The standard InChI is InChI=1S/C13H15BrN2O4/c1-20-11-7-8(4-5-9(11)14)15-13(19)16-6-2-3-10(16)12(17)18/h4-5,7,10H,2-3,6H2,1H3,(H,15,19)(H,17,18). The van der Waals surface area contributed by atoms with Crippen molar-refractivity contribution in [3.63, 3.8) is 0 Å². The van der Waals surface area contributed by atoms with Gasteiger partial charge in [-0.3, -0.25) is 0 Å². The number of carbonyl (C=O) groups excluding carboxylic acids is 1. The van der Waals surface area contributed by atoms with E-state index < -0.39 is 18.0 Å². The highest BCUT2D eigenvalue weighted by Crippen LogP contribution is 2.28. The number of hydrogen-bond donors (Lipinski definition) is 2. The predicted octanol–water partition coefficient (Wildman–Crippen LogP) is 2.54. The summed E-state index contributed by atoms with van der Waals surface area (Å²) in [5.41, 5.74) is 0.561. The number of nitrogens with zero attached hydrogens (tertiary/aromatic N) is 1. The number of rotatable bonds is 3. The van der Waals surface area contributed by atoms with E-state index in [0.29, 0.717) is 30.8 Å². The number of halogens is 1. The van der Waals surface area contributed by atoms with Gasteiger partial charge in [0.25, 0.3) is 0 Å². The Hall–Kier alpha value is -1.76. The molecule has 0 radical (unpaired) electrons. The first-order chi connectivity index (χ1) is 9.52. The van der Waals surface area contributed by atoms with Gasteiger partial charge < -0.3 is 20.1 Å². The summed E-state index contributed by atoms with van der Waals surface area (Å²) in [7, 11) is 1.53. The fourth-order valence-corrected chi connectivity index (χ4v) is 2.61. The van der Waals surface area contributed by atoms with Gasteiger partial charge in [0.1, 0.15) is 11.8 Å². The average Bonchev–Trinajstić information content (AvgIpc) is 2.90. The molecular formula is C13H15BrN2O4. The predicted molar refractivity (Wildman–Crippen MR) is 77.1 cm³/mol. The molecule has 0 bridgehead atoms. The van der Waals surface area contributed by atoms with E-state index in [9.17, 15) is 9.59 Å². The molecule has 1 aliphatic rings. The Bertz CT molecular complexity index is 535. The van der Waals surface area contributed by atoms with Crippen LogP contribution in [-0.2, 0) is 4.79 Å². The van der Waals surface area contributed by atoms with Crippen molar-refractivity contribution in [3.8, 4) is 5.75 Å². The third-order valence-corrected chi connectivity index (χ3v) is 3.86.